The lowest BCUT2D eigenvalue weighted by Crippen LogP contribution is -2.00. The summed E-state index contributed by atoms with van der Waals surface area (Å²) < 4.78 is 15.4. The van der Waals surface area contributed by atoms with E-state index in [1.807, 2.05) is 72.0 Å². The summed E-state index contributed by atoms with van der Waals surface area (Å²) in [5, 5.41) is 6.64. The van der Waals surface area contributed by atoms with Crippen molar-refractivity contribution in [3.8, 4) is 56.4 Å². The predicted octanol–water partition coefficient (Wildman–Crippen LogP) is 14.4. The second-order valence-electron chi connectivity index (χ2n) is 14.3. The maximum Gasteiger partial charge on any atom is 0.167 e. The molecule has 0 aliphatic carbocycles. The average molecular weight is 748 g/mol. The highest BCUT2D eigenvalue weighted by molar-refractivity contribution is 7.25. The van der Waals surface area contributed by atoms with Gasteiger partial charge in [0, 0.05) is 52.8 Å². The number of nitrogens with zero attached hydrogens (tertiary/aromatic N) is 3. The van der Waals surface area contributed by atoms with Gasteiger partial charge in [-0.2, -0.15) is 0 Å². The summed E-state index contributed by atoms with van der Waals surface area (Å²) in [5.74, 6) is 1.67. The fourth-order valence-corrected chi connectivity index (χ4v) is 9.40. The zero-order valence-electron chi connectivity index (χ0n) is 30.3. The quantitative estimate of drug-likeness (QED) is 0.175. The molecule has 5 nitrogen and oxygen atoms in total. The molecule has 0 saturated heterocycles. The minimum Gasteiger partial charge on any atom is -0.456 e. The predicted molar refractivity (Wildman–Crippen MR) is 234 cm³/mol. The number of benzene rings is 8. The normalized spacial score (nSPS) is 11.9. The van der Waals surface area contributed by atoms with E-state index in [9.17, 15) is 0 Å². The Labute approximate surface area is 330 Å². The monoisotopic (exact) mass is 747 g/mol. The van der Waals surface area contributed by atoms with E-state index >= 15 is 0 Å². The third kappa shape index (κ3) is 5.12. The summed E-state index contributed by atoms with van der Waals surface area (Å²) >= 11 is 1.84. The van der Waals surface area contributed by atoms with Crippen molar-refractivity contribution in [2.45, 2.75) is 0 Å². The van der Waals surface area contributed by atoms with Gasteiger partial charge in [-0.3, -0.25) is 0 Å². The van der Waals surface area contributed by atoms with Crippen molar-refractivity contribution < 1.29 is 8.83 Å². The van der Waals surface area contributed by atoms with Gasteiger partial charge < -0.3 is 8.83 Å². The molecule has 4 aromatic heterocycles. The maximum absolute atomic E-state index is 6.48. The first-order valence-electron chi connectivity index (χ1n) is 18.9. The first-order valence-corrected chi connectivity index (χ1v) is 19.7. The highest BCUT2D eigenvalue weighted by atomic mass is 32.1. The number of fused-ring (bicyclic) bond motifs is 9. The number of rotatable bonds is 5. The van der Waals surface area contributed by atoms with Crippen LogP contribution in [0.1, 0.15) is 0 Å². The van der Waals surface area contributed by atoms with Crippen LogP contribution >= 0.6 is 11.3 Å². The van der Waals surface area contributed by atoms with Gasteiger partial charge in [-0.1, -0.05) is 133 Å². The molecule has 0 radical (unpaired) electrons. The molecular formula is C51H29N3O2S. The van der Waals surface area contributed by atoms with E-state index in [1.165, 1.54) is 31.3 Å². The lowest BCUT2D eigenvalue weighted by atomic mass is 9.93. The number of furan rings is 2. The Hall–Kier alpha value is -7.41. The highest BCUT2D eigenvalue weighted by Gasteiger charge is 2.20. The topological polar surface area (TPSA) is 65.0 Å². The van der Waals surface area contributed by atoms with Crippen LogP contribution in [0.25, 0.3) is 120 Å². The van der Waals surface area contributed by atoms with E-state index in [2.05, 4.69) is 115 Å². The van der Waals surface area contributed by atoms with Crippen molar-refractivity contribution in [1.29, 1.82) is 0 Å². The van der Waals surface area contributed by atoms with E-state index in [0.717, 1.165) is 71.7 Å². The van der Waals surface area contributed by atoms with Crippen LogP contribution in [0.2, 0.25) is 0 Å². The summed E-state index contributed by atoms with van der Waals surface area (Å²) in [4.78, 5) is 15.5. The zero-order valence-corrected chi connectivity index (χ0v) is 31.1. The van der Waals surface area contributed by atoms with Crippen LogP contribution < -0.4 is 0 Å². The molecule has 12 rings (SSSR count). The zero-order chi connectivity index (χ0) is 37.5. The average Bonchev–Trinajstić information content (AvgIpc) is 3.97. The van der Waals surface area contributed by atoms with Crippen molar-refractivity contribution in [2.24, 2.45) is 0 Å². The van der Waals surface area contributed by atoms with Crippen LogP contribution in [0.15, 0.2) is 185 Å². The largest absolute Gasteiger partial charge is 0.456 e. The smallest absolute Gasteiger partial charge is 0.167 e. The second kappa shape index (κ2) is 12.6. The molecule has 0 aliphatic rings. The molecule has 57 heavy (non-hydrogen) atoms. The maximum atomic E-state index is 6.48. The molecular weight excluding hydrogens is 719 g/mol. The first-order chi connectivity index (χ1) is 28.2. The summed E-state index contributed by atoms with van der Waals surface area (Å²) in [5.41, 5.74) is 10.4. The van der Waals surface area contributed by atoms with Gasteiger partial charge in [0.05, 0.1) is 5.56 Å². The van der Waals surface area contributed by atoms with Gasteiger partial charge in [-0.25, -0.2) is 15.0 Å². The molecule has 0 bridgehead atoms. The first kappa shape index (κ1) is 31.9. The minimum absolute atomic E-state index is 0.537. The van der Waals surface area contributed by atoms with E-state index < -0.39 is 0 Å². The van der Waals surface area contributed by atoms with Crippen LogP contribution in [-0.4, -0.2) is 15.0 Å². The van der Waals surface area contributed by atoms with Crippen LogP contribution in [0.4, 0.5) is 0 Å². The Morgan fingerprint density at radius 3 is 1.72 bits per heavy atom. The van der Waals surface area contributed by atoms with Gasteiger partial charge in [0.25, 0.3) is 0 Å². The van der Waals surface area contributed by atoms with Gasteiger partial charge in [-0.15, -0.1) is 11.3 Å². The van der Waals surface area contributed by atoms with Gasteiger partial charge in [-0.05, 0) is 64.7 Å². The van der Waals surface area contributed by atoms with Crippen LogP contribution in [0.5, 0.6) is 0 Å². The Morgan fingerprint density at radius 2 is 0.877 bits per heavy atom. The van der Waals surface area contributed by atoms with Crippen molar-refractivity contribution in [1.82, 2.24) is 15.0 Å². The Morgan fingerprint density at radius 1 is 0.333 bits per heavy atom. The third-order valence-corrected chi connectivity index (χ3v) is 12.1. The molecule has 0 unspecified atom stereocenters. The molecule has 6 heteroatoms. The Bertz CT molecular complexity index is 3540. The number of aromatic nitrogens is 3. The van der Waals surface area contributed by atoms with Crippen molar-refractivity contribution in [2.75, 3.05) is 0 Å². The number of para-hydroxylation sites is 3. The van der Waals surface area contributed by atoms with E-state index in [0.29, 0.717) is 17.5 Å². The van der Waals surface area contributed by atoms with Crippen molar-refractivity contribution >= 4 is 75.4 Å². The Kier molecular flexibility index (Phi) is 7.03. The van der Waals surface area contributed by atoms with E-state index in [4.69, 9.17) is 23.8 Å². The number of hydrogen-bond donors (Lipinski definition) is 0. The van der Waals surface area contributed by atoms with Gasteiger partial charge in [0.2, 0.25) is 0 Å². The summed E-state index contributed by atoms with van der Waals surface area (Å²) in [6.07, 6.45) is 0. The molecule has 0 saturated carbocycles. The van der Waals surface area contributed by atoms with E-state index in [-0.39, 0.29) is 0 Å². The standard InChI is InChI=1S/C51H29N3O2S/c1-2-12-34(32-27-28-46-41(29-32)36-14-5-8-22-45(36)57-46)33(11-1)30-23-25-31(26-24-30)49-52-50(39-17-10-21-44-47(39)38-15-4-7-20-43(38)55-44)54-51(53-49)40-18-9-16-37-35-13-3-6-19-42(35)56-48(37)40/h1-29H. The van der Waals surface area contributed by atoms with Gasteiger partial charge >= 0.3 is 0 Å². The van der Waals surface area contributed by atoms with Crippen LogP contribution in [-0.2, 0) is 0 Å². The molecule has 8 aromatic carbocycles. The van der Waals surface area contributed by atoms with Crippen LogP contribution in [0, 0.1) is 0 Å². The molecule has 0 amide bonds. The summed E-state index contributed by atoms with van der Waals surface area (Å²) in [7, 11) is 0. The lowest BCUT2D eigenvalue weighted by molar-refractivity contribution is 0.668. The molecule has 0 aliphatic heterocycles. The number of thiophene rings is 1. The van der Waals surface area contributed by atoms with E-state index in [1.54, 1.807) is 0 Å². The SMILES string of the molecule is c1ccc(-c2ccc3sc4ccccc4c3c2)c(-c2ccc(-c3nc(-c4cccc5c4oc4ccccc45)nc(-c4cccc5oc6ccccc6c45)n3)cc2)c1. The summed E-state index contributed by atoms with van der Waals surface area (Å²) in [6, 6.07) is 61.1. The fraction of sp³-hybridized carbons (Fsp3) is 0. The van der Waals surface area contributed by atoms with Crippen molar-refractivity contribution in [3.05, 3.63) is 176 Å². The molecule has 0 N–H and O–H groups in total. The molecule has 0 fully saturated rings. The molecule has 4 heterocycles. The molecule has 0 spiro atoms. The van der Waals surface area contributed by atoms with Gasteiger partial charge in [0.15, 0.2) is 17.5 Å². The Balaban J connectivity index is 1.01. The highest BCUT2D eigenvalue weighted by Crippen LogP contribution is 2.41. The van der Waals surface area contributed by atoms with Gasteiger partial charge in [0.1, 0.15) is 22.3 Å². The fourth-order valence-electron chi connectivity index (χ4n) is 8.31. The lowest BCUT2D eigenvalue weighted by Gasteiger charge is -2.12. The molecule has 0 atom stereocenters. The van der Waals surface area contributed by atoms with Crippen molar-refractivity contribution in [3.63, 3.8) is 0 Å². The summed E-state index contributed by atoms with van der Waals surface area (Å²) in [6.45, 7) is 0. The number of hydrogen-bond acceptors (Lipinski definition) is 6. The minimum atomic E-state index is 0.537. The second-order valence-corrected chi connectivity index (χ2v) is 15.4. The molecule has 266 valence electrons. The van der Waals surface area contributed by atoms with Crippen LogP contribution in [0.3, 0.4) is 0 Å². The molecule has 12 aromatic rings. The third-order valence-electron chi connectivity index (χ3n) is 11.0.